The lowest BCUT2D eigenvalue weighted by atomic mass is 10.1. The van der Waals surface area contributed by atoms with E-state index < -0.39 is 17.7 Å². The van der Waals surface area contributed by atoms with E-state index in [-0.39, 0.29) is 18.2 Å². The van der Waals surface area contributed by atoms with Gasteiger partial charge in [-0.15, -0.1) is 0 Å². The summed E-state index contributed by atoms with van der Waals surface area (Å²) < 4.78 is 16.1. The van der Waals surface area contributed by atoms with Gasteiger partial charge < -0.3 is 30.2 Å². The van der Waals surface area contributed by atoms with E-state index in [1.165, 1.54) is 12.3 Å². The molecule has 0 saturated heterocycles. The molecule has 0 atom stereocenters. The molecule has 0 aliphatic carbocycles. The summed E-state index contributed by atoms with van der Waals surface area (Å²) >= 11 is 0. The number of benzene rings is 2. The van der Waals surface area contributed by atoms with Gasteiger partial charge in [-0.1, -0.05) is 36.4 Å². The Kier molecular flexibility index (Phi) is 10.6. The van der Waals surface area contributed by atoms with Gasteiger partial charge in [0.2, 0.25) is 0 Å². The summed E-state index contributed by atoms with van der Waals surface area (Å²) in [5.41, 5.74) is 8.26. The molecule has 0 spiro atoms. The van der Waals surface area contributed by atoms with Gasteiger partial charge in [-0.05, 0) is 61.7 Å². The minimum atomic E-state index is -0.685. The molecule has 0 aliphatic rings. The molecule has 11 heteroatoms. The van der Waals surface area contributed by atoms with Crippen LogP contribution in [0.5, 0.6) is 6.01 Å². The summed E-state index contributed by atoms with van der Waals surface area (Å²) in [5.74, 6) is -0.324. The second kappa shape index (κ2) is 14.3. The minimum absolute atomic E-state index is 0.0745. The van der Waals surface area contributed by atoms with E-state index in [0.717, 1.165) is 16.8 Å². The number of nitrogen functional groups attached to an aromatic ring is 1. The molecule has 1 heterocycles. The number of carbonyl (C=O) groups is 2. The van der Waals surface area contributed by atoms with Gasteiger partial charge in [0.15, 0.2) is 0 Å². The topological polar surface area (TPSA) is 153 Å². The molecule has 1 aromatic heterocycles. The number of ether oxygens (including phenoxy) is 3. The number of carbonyl (C=O) groups excluding carboxylic acids is 2. The second-order valence-corrected chi connectivity index (χ2v) is 10.0. The third kappa shape index (κ3) is 10.5. The Hall–Kier alpha value is -5.11. The minimum Gasteiger partial charge on any atom is -0.459 e. The van der Waals surface area contributed by atoms with Crippen LogP contribution in [0.2, 0.25) is 0 Å². The zero-order valence-electron chi connectivity index (χ0n) is 23.6. The highest BCUT2D eigenvalue weighted by Crippen LogP contribution is 2.18. The monoisotopic (exact) mass is 558 g/mol. The molecule has 41 heavy (non-hydrogen) atoms. The third-order valence-electron chi connectivity index (χ3n) is 5.53. The van der Waals surface area contributed by atoms with Crippen molar-refractivity contribution in [1.29, 1.82) is 5.26 Å². The van der Waals surface area contributed by atoms with E-state index in [4.69, 9.17) is 19.9 Å². The average molecular weight is 559 g/mol. The first-order valence-electron chi connectivity index (χ1n) is 12.9. The van der Waals surface area contributed by atoms with Crippen molar-refractivity contribution in [2.75, 3.05) is 30.8 Å². The number of hydrogen-bond acceptors (Lipinski definition) is 10. The fraction of sp³-hybridized carbons (Fsp3) is 0.300. The highest BCUT2D eigenvalue weighted by Gasteiger charge is 2.19. The molecule has 0 aliphatic heterocycles. The molecule has 0 unspecified atom stereocenters. The van der Waals surface area contributed by atoms with Gasteiger partial charge in [0.25, 0.3) is 0 Å². The quantitative estimate of drug-likeness (QED) is 0.198. The van der Waals surface area contributed by atoms with Crippen molar-refractivity contribution in [2.45, 2.75) is 39.5 Å². The van der Waals surface area contributed by atoms with Crippen LogP contribution in [0.1, 0.15) is 37.5 Å². The van der Waals surface area contributed by atoms with Crippen molar-refractivity contribution in [3.8, 4) is 12.1 Å². The number of aromatic nitrogens is 2. The normalized spacial score (nSPS) is 11.2. The predicted molar refractivity (Wildman–Crippen MR) is 155 cm³/mol. The Morgan fingerprint density at radius 3 is 2.39 bits per heavy atom. The molecular formula is C30H34N6O5. The van der Waals surface area contributed by atoms with Crippen LogP contribution in [-0.4, -0.2) is 47.8 Å². The molecule has 1 amide bonds. The molecule has 214 valence electrons. The standard InChI is InChI=1S/C30H34N6O5/c1-30(2,3)41-27(37)24(18-31)17-21-9-11-25(12-10-21)36(4)15-16-39-29(38)34-19-22-5-7-23(8-6-22)20-40-28-33-14-13-26(32)35-28/h5-14,17H,15-16,19-20H2,1-4H3,(H,34,38)(H2,32,33,35)/b24-17+. The number of hydrogen-bond donors (Lipinski definition) is 2. The summed E-state index contributed by atoms with van der Waals surface area (Å²) in [6.45, 7) is 6.49. The summed E-state index contributed by atoms with van der Waals surface area (Å²) in [6, 6.07) is 18.5. The van der Waals surface area contributed by atoms with Gasteiger partial charge in [0, 0.05) is 25.5 Å². The van der Waals surface area contributed by atoms with E-state index in [1.807, 2.05) is 54.4 Å². The van der Waals surface area contributed by atoms with Gasteiger partial charge in [0.1, 0.15) is 36.3 Å². The first-order chi connectivity index (χ1) is 19.5. The molecule has 2 aromatic carbocycles. The number of alkyl carbamates (subject to hydrolysis) is 1. The van der Waals surface area contributed by atoms with Gasteiger partial charge in [-0.3, -0.25) is 0 Å². The number of anilines is 2. The highest BCUT2D eigenvalue weighted by atomic mass is 16.6. The van der Waals surface area contributed by atoms with Crippen molar-refractivity contribution in [3.63, 3.8) is 0 Å². The van der Waals surface area contributed by atoms with Crippen LogP contribution in [0.15, 0.2) is 66.4 Å². The maximum atomic E-state index is 12.2. The number of likely N-dealkylation sites (N-methyl/N-ethyl adjacent to an activating group) is 1. The number of esters is 1. The summed E-state index contributed by atoms with van der Waals surface area (Å²) in [4.78, 5) is 34.2. The third-order valence-corrected chi connectivity index (χ3v) is 5.53. The van der Waals surface area contributed by atoms with Crippen molar-refractivity contribution in [2.24, 2.45) is 0 Å². The number of amides is 1. The first kappa shape index (κ1) is 30.4. The van der Waals surface area contributed by atoms with Crippen LogP contribution in [0.3, 0.4) is 0 Å². The van der Waals surface area contributed by atoms with E-state index in [1.54, 1.807) is 39.0 Å². The van der Waals surface area contributed by atoms with Crippen molar-refractivity contribution in [1.82, 2.24) is 15.3 Å². The van der Waals surface area contributed by atoms with Crippen molar-refractivity contribution >= 4 is 29.6 Å². The zero-order valence-corrected chi connectivity index (χ0v) is 23.6. The van der Waals surface area contributed by atoms with E-state index in [0.29, 0.717) is 31.1 Å². The Labute approximate surface area is 239 Å². The molecule has 0 saturated carbocycles. The molecule has 3 N–H and O–H groups in total. The Morgan fingerprint density at radius 1 is 1.07 bits per heavy atom. The molecular weight excluding hydrogens is 524 g/mol. The number of nitriles is 1. The van der Waals surface area contributed by atoms with Crippen LogP contribution < -0.4 is 20.7 Å². The largest absolute Gasteiger partial charge is 0.459 e. The summed E-state index contributed by atoms with van der Waals surface area (Å²) in [5, 5.41) is 12.1. The lowest BCUT2D eigenvalue weighted by Gasteiger charge is -2.20. The van der Waals surface area contributed by atoms with E-state index >= 15 is 0 Å². The van der Waals surface area contributed by atoms with Crippen LogP contribution in [-0.2, 0) is 27.4 Å². The Morgan fingerprint density at radius 2 is 1.76 bits per heavy atom. The fourth-order valence-electron chi connectivity index (χ4n) is 3.42. The summed E-state index contributed by atoms with van der Waals surface area (Å²) in [7, 11) is 1.87. The molecule has 0 bridgehead atoms. The van der Waals surface area contributed by atoms with Crippen molar-refractivity contribution in [3.05, 3.63) is 83.1 Å². The molecule has 0 radical (unpaired) electrons. The zero-order chi connectivity index (χ0) is 29.8. The smallest absolute Gasteiger partial charge is 0.407 e. The Bertz CT molecular complexity index is 1390. The molecule has 3 aromatic rings. The second-order valence-electron chi connectivity index (χ2n) is 10.0. The van der Waals surface area contributed by atoms with Gasteiger partial charge >= 0.3 is 18.1 Å². The van der Waals surface area contributed by atoms with Crippen LogP contribution in [0.4, 0.5) is 16.3 Å². The SMILES string of the molecule is CN(CCOC(=O)NCc1ccc(COc2nccc(N)n2)cc1)c1ccc(/C=C(\C#N)C(=O)OC(C)(C)C)cc1. The molecule has 11 nitrogen and oxygen atoms in total. The van der Waals surface area contributed by atoms with Gasteiger partial charge in [-0.2, -0.15) is 10.2 Å². The Balaban J connectivity index is 1.39. The van der Waals surface area contributed by atoms with Gasteiger partial charge in [0.05, 0.1) is 6.54 Å². The van der Waals surface area contributed by atoms with E-state index in [9.17, 15) is 14.9 Å². The predicted octanol–water partition coefficient (Wildman–Crippen LogP) is 4.25. The average Bonchev–Trinajstić information content (AvgIpc) is 2.93. The lowest BCUT2D eigenvalue weighted by molar-refractivity contribution is -0.149. The maximum Gasteiger partial charge on any atom is 0.407 e. The highest BCUT2D eigenvalue weighted by molar-refractivity contribution is 5.98. The molecule has 3 rings (SSSR count). The number of nitrogens with zero attached hydrogens (tertiary/aromatic N) is 4. The number of rotatable bonds is 11. The van der Waals surface area contributed by atoms with Crippen LogP contribution in [0, 0.1) is 11.3 Å². The first-order valence-corrected chi connectivity index (χ1v) is 12.9. The van der Waals surface area contributed by atoms with Gasteiger partial charge in [-0.25, -0.2) is 14.6 Å². The fourth-order valence-corrected chi connectivity index (χ4v) is 3.42. The van der Waals surface area contributed by atoms with Crippen LogP contribution >= 0.6 is 0 Å². The summed E-state index contributed by atoms with van der Waals surface area (Å²) in [6.07, 6.45) is 2.50. The lowest BCUT2D eigenvalue weighted by Crippen LogP contribution is -2.28. The molecule has 0 fully saturated rings. The van der Waals surface area contributed by atoms with Crippen LogP contribution in [0.25, 0.3) is 6.08 Å². The number of nitrogens with two attached hydrogens (primary N) is 1. The van der Waals surface area contributed by atoms with Crippen molar-refractivity contribution < 1.29 is 23.8 Å². The maximum absolute atomic E-state index is 12.2. The van der Waals surface area contributed by atoms with E-state index in [2.05, 4.69) is 15.3 Å². The number of nitrogens with one attached hydrogen (secondary N) is 1.